The summed E-state index contributed by atoms with van der Waals surface area (Å²) in [5.74, 6) is 1.42. The summed E-state index contributed by atoms with van der Waals surface area (Å²) in [5.41, 5.74) is 6.45. The van der Waals surface area contributed by atoms with Crippen LogP contribution in [0.5, 0.6) is 0 Å². The molecule has 0 bridgehead atoms. The molecule has 3 aromatic rings. The third-order valence-corrected chi connectivity index (χ3v) is 7.22. The molecule has 162 valence electrons. The molecule has 2 saturated heterocycles. The first-order chi connectivity index (χ1) is 14.9. The van der Waals surface area contributed by atoms with Gasteiger partial charge in [-0.15, -0.1) is 0 Å². The zero-order valence-corrected chi connectivity index (χ0v) is 19.0. The van der Waals surface area contributed by atoms with Crippen LogP contribution in [0.2, 0.25) is 0 Å². The standard InChI is InChI=1S/C26H32N4O/c1-5-22-23-11-19(6-7-24(23)28-25(22)18-8-9-27-17(4)10-18)26(31)30-14-20-12-29(16(2)3)13-21(20)15-30/h6-11,16,20-21,28H,5,12-15H2,1-4H3. The van der Waals surface area contributed by atoms with Crippen molar-refractivity contribution < 1.29 is 4.79 Å². The lowest BCUT2D eigenvalue weighted by molar-refractivity contribution is 0.0771. The summed E-state index contributed by atoms with van der Waals surface area (Å²) in [6.45, 7) is 12.7. The van der Waals surface area contributed by atoms with Gasteiger partial charge in [-0.2, -0.15) is 0 Å². The highest BCUT2D eigenvalue weighted by atomic mass is 16.2. The van der Waals surface area contributed by atoms with E-state index in [1.54, 1.807) is 0 Å². The summed E-state index contributed by atoms with van der Waals surface area (Å²) in [7, 11) is 0. The zero-order valence-electron chi connectivity index (χ0n) is 19.0. The molecule has 1 aromatic carbocycles. The van der Waals surface area contributed by atoms with Crippen molar-refractivity contribution in [3.05, 3.63) is 53.3 Å². The highest BCUT2D eigenvalue weighted by Crippen LogP contribution is 2.34. The lowest BCUT2D eigenvalue weighted by Gasteiger charge is -2.24. The minimum Gasteiger partial charge on any atom is -0.354 e. The van der Waals surface area contributed by atoms with Crippen LogP contribution >= 0.6 is 0 Å². The Morgan fingerprint density at radius 1 is 1.13 bits per heavy atom. The number of hydrogen-bond donors (Lipinski definition) is 1. The molecule has 0 aliphatic carbocycles. The summed E-state index contributed by atoms with van der Waals surface area (Å²) < 4.78 is 0. The van der Waals surface area contributed by atoms with Crippen molar-refractivity contribution in [3.63, 3.8) is 0 Å². The van der Waals surface area contributed by atoms with Gasteiger partial charge >= 0.3 is 0 Å². The number of pyridine rings is 1. The molecule has 5 rings (SSSR count). The van der Waals surface area contributed by atoms with E-state index < -0.39 is 0 Å². The molecule has 2 unspecified atom stereocenters. The van der Waals surface area contributed by atoms with Crippen LogP contribution < -0.4 is 0 Å². The van der Waals surface area contributed by atoms with Gasteiger partial charge in [-0.3, -0.25) is 9.78 Å². The fraction of sp³-hybridized carbons (Fsp3) is 0.462. The van der Waals surface area contributed by atoms with Gasteiger partial charge in [0.25, 0.3) is 5.91 Å². The normalized spacial score (nSPS) is 21.4. The van der Waals surface area contributed by atoms with Gasteiger partial charge in [0.15, 0.2) is 0 Å². The lowest BCUT2D eigenvalue weighted by Crippen LogP contribution is -2.35. The topological polar surface area (TPSA) is 52.2 Å². The molecule has 5 nitrogen and oxygen atoms in total. The van der Waals surface area contributed by atoms with Crippen LogP contribution in [0.25, 0.3) is 22.2 Å². The number of aryl methyl sites for hydroxylation is 2. The number of carbonyl (C=O) groups excluding carboxylic acids is 1. The number of aromatic amines is 1. The maximum Gasteiger partial charge on any atom is 0.253 e. The van der Waals surface area contributed by atoms with Crippen LogP contribution in [-0.2, 0) is 6.42 Å². The summed E-state index contributed by atoms with van der Waals surface area (Å²) >= 11 is 0. The van der Waals surface area contributed by atoms with Gasteiger partial charge in [-0.05, 0) is 74.9 Å². The molecule has 0 saturated carbocycles. The summed E-state index contributed by atoms with van der Waals surface area (Å²) in [4.78, 5) is 25.9. The Labute approximate surface area is 184 Å². The van der Waals surface area contributed by atoms with Crippen LogP contribution in [0.4, 0.5) is 0 Å². The molecule has 31 heavy (non-hydrogen) atoms. The number of likely N-dealkylation sites (tertiary alicyclic amines) is 2. The van der Waals surface area contributed by atoms with Gasteiger partial charge < -0.3 is 14.8 Å². The lowest BCUT2D eigenvalue weighted by atomic mass is 10.0. The van der Waals surface area contributed by atoms with Crippen LogP contribution in [0.3, 0.4) is 0 Å². The SMILES string of the molecule is CCc1c(-c2ccnc(C)c2)[nH]c2ccc(C(=O)N3CC4CN(C(C)C)CC4C3)cc12. The molecule has 2 aliphatic heterocycles. The number of amides is 1. The van der Waals surface area contributed by atoms with E-state index in [9.17, 15) is 4.79 Å². The van der Waals surface area contributed by atoms with Gasteiger partial charge in [0.1, 0.15) is 0 Å². The largest absolute Gasteiger partial charge is 0.354 e. The van der Waals surface area contributed by atoms with Gasteiger partial charge in [0.2, 0.25) is 0 Å². The molecule has 5 heteroatoms. The minimum atomic E-state index is 0.178. The molecule has 2 atom stereocenters. The van der Waals surface area contributed by atoms with Gasteiger partial charge in [0.05, 0.1) is 0 Å². The summed E-state index contributed by atoms with van der Waals surface area (Å²) in [6.07, 6.45) is 2.77. The second kappa shape index (κ2) is 7.79. The number of carbonyl (C=O) groups is 1. The Bertz CT molecular complexity index is 1120. The maximum atomic E-state index is 13.4. The predicted octanol–water partition coefficient (Wildman–Crippen LogP) is 4.51. The van der Waals surface area contributed by atoms with Crippen LogP contribution in [0.1, 0.15) is 42.4 Å². The number of benzene rings is 1. The van der Waals surface area contributed by atoms with Crippen molar-refractivity contribution in [2.45, 2.75) is 40.2 Å². The van der Waals surface area contributed by atoms with E-state index in [4.69, 9.17) is 0 Å². The van der Waals surface area contributed by atoms with Crippen molar-refractivity contribution in [1.29, 1.82) is 0 Å². The highest BCUT2D eigenvalue weighted by molar-refractivity contribution is 6.00. The second-order valence-corrected chi connectivity index (χ2v) is 9.56. The van der Waals surface area contributed by atoms with E-state index in [1.807, 2.05) is 25.3 Å². The summed E-state index contributed by atoms with van der Waals surface area (Å²) in [6, 6.07) is 10.9. The minimum absolute atomic E-state index is 0.178. The van der Waals surface area contributed by atoms with E-state index in [0.717, 1.165) is 66.0 Å². The Morgan fingerprint density at radius 3 is 2.52 bits per heavy atom. The Hall–Kier alpha value is -2.66. The van der Waals surface area contributed by atoms with E-state index in [-0.39, 0.29) is 5.91 Å². The molecule has 2 aliphatic rings. The van der Waals surface area contributed by atoms with Crippen molar-refractivity contribution in [2.75, 3.05) is 26.2 Å². The van der Waals surface area contributed by atoms with Crippen molar-refractivity contribution in [1.82, 2.24) is 19.8 Å². The number of fused-ring (bicyclic) bond motifs is 2. The van der Waals surface area contributed by atoms with Crippen LogP contribution in [0.15, 0.2) is 36.5 Å². The molecular formula is C26H32N4O. The summed E-state index contributed by atoms with van der Waals surface area (Å²) in [5, 5.41) is 1.16. The van der Waals surface area contributed by atoms with E-state index in [2.05, 4.69) is 58.7 Å². The molecule has 2 fully saturated rings. The fourth-order valence-electron chi connectivity index (χ4n) is 5.49. The first kappa shape index (κ1) is 20.3. The molecule has 0 radical (unpaired) electrons. The number of hydrogen-bond acceptors (Lipinski definition) is 3. The van der Waals surface area contributed by atoms with Crippen molar-refractivity contribution >= 4 is 16.8 Å². The van der Waals surface area contributed by atoms with Gasteiger partial charge in [-0.1, -0.05) is 6.92 Å². The molecular weight excluding hydrogens is 384 g/mol. The average molecular weight is 417 g/mol. The number of nitrogens with zero attached hydrogens (tertiary/aromatic N) is 3. The van der Waals surface area contributed by atoms with Gasteiger partial charge in [0, 0.05) is 71.8 Å². The second-order valence-electron chi connectivity index (χ2n) is 9.56. The molecule has 1 amide bonds. The smallest absolute Gasteiger partial charge is 0.253 e. The Morgan fingerprint density at radius 2 is 1.87 bits per heavy atom. The quantitative estimate of drug-likeness (QED) is 0.681. The molecule has 2 aromatic heterocycles. The molecule has 0 spiro atoms. The highest BCUT2D eigenvalue weighted by Gasteiger charge is 2.42. The van der Waals surface area contributed by atoms with E-state index >= 15 is 0 Å². The van der Waals surface area contributed by atoms with E-state index in [0.29, 0.717) is 17.9 Å². The number of nitrogens with one attached hydrogen (secondary N) is 1. The van der Waals surface area contributed by atoms with Crippen LogP contribution in [-0.4, -0.2) is 57.9 Å². The monoisotopic (exact) mass is 416 g/mol. The van der Waals surface area contributed by atoms with Gasteiger partial charge in [-0.25, -0.2) is 0 Å². The van der Waals surface area contributed by atoms with Crippen molar-refractivity contribution in [2.24, 2.45) is 11.8 Å². The first-order valence-electron chi connectivity index (χ1n) is 11.6. The van der Waals surface area contributed by atoms with E-state index in [1.165, 1.54) is 5.56 Å². The predicted molar refractivity (Wildman–Crippen MR) is 125 cm³/mol. The molecule has 4 heterocycles. The number of aromatic nitrogens is 2. The fourth-order valence-corrected chi connectivity index (χ4v) is 5.49. The number of H-pyrrole nitrogens is 1. The maximum absolute atomic E-state index is 13.4. The number of rotatable bonds is 4. The Balaban J connectivity index is 1.42. The molecule has 1 N–H and O–H groups in total. The van der Waals surface area contributed by atoms with Crippen molar-refractivity contribution in [3.8, 4) is 11.3 Å². The average Bonchev–Trinajstić information content (AvgIpc) is 3.43. The van der Waals surface area contributed by atoms with Crippen LogP contribution in [0, 0.1) is 18.8 Å². The zero-order chi connectivity index (χ0) is 21.7. The Kier molecular flexibility index (Phi) is 5.09. The third-order valence-electron chi connectivity index (χ3n) is 7.22. The third kappa shape index (κ3) is 3.55. The first-order valence-corrected chi connectivity index (χ1v) is 11.6.